The molecule has 0 radical (unpaired) electrons. The topological polar surface area (TPSA) is 51.1 Å². The summed E-state index contributed by atoms with van der Waals surface area (Å²) in [5.41, 5.74) is 0.931. The van der Waals surface area contributed by atoms with E-state index in [9.17, 15) is 9.59 Å². The molecule has 3 aromatic rings. The van der Waals surface area contributed by atoms with Crippen molar-refractivity contribution in [1.82, 2.24) is 4.57 Å². The average molecular weight is 382 g/mol. The molecule has 1 amide bonds. The van der Waals surface area contributed by atoms with Crippen LogP contribution in [0.15, 0.2) is 53.5 Å². The first-order chi connectivity index (χ1) is 11.4. The number of carbonyl (C=O) groups is 1. The van der Waals surface area contributed by atoms with Gasteiger partial charge in [0.15, 0.2) is 5.43 Å². The number of rotatable bonds is 3. The molecule has 122 valence electrons. The zero-order valence-corrected chi connectivity index (χ0v) is 14.5. The lowest BCUT2D eigenvalue weighted by Crippen LogP contribution is -2.20. The molecule has 0 atom stereocenters. The summed E-state index contributed by atoms with van der Waals surface area (Å²) in [5, 5.41) is 4.54. The van der Waals surface area contributed by atoms with Crippen molar-refractivity contribution in [2.24, 2.45) is 0 Å². The van der Waals surface area contributed by atoms with Crippen LogP contribution in [0.25, 0.3) is 10.9 Å². The molecule has 0 aliphatic carbocycles. The van der Waals surface area contributed by atoms with Gasteiger partial charge in [0.1, 0.15) is 6.54 Å². The van der Waals surface area contributed by atoms with Crippen LogP contribution in [0.4, 0.5) is 5.69 Å². The number of hydrogen-bond donors (Lipinski definition) is 1. The van der Waals surface area contributed by atoms with E-state index >= 15 is 0 Å². The molecule has 0 bridgehead atoms. The Morgan fingerprint density at radius 3 is 2.46 bits per heavy atom. The van der Waals surface area contributed by atoms with E-state index in [-0.39, 0.29) is 17.9 Å². The molecule has 2 aromatic carbocycles. The van der Waals surface area contributed by atoms with Crippen LogP contribution in [-0.4, -0.2) is 10.5 Å². The van der Waals surface area contributed by atoms with Crippen molar-refractivity contribution in [3.63, 3.8) is 0 Å². The number of pyridine rings is 1. The second-order valence-electron chi connectivity index (χ2n) is 5.14. The number of fused-ring (bicyclic) bond motifs is 1. The van der Waals surface area contributed by atoms with Crippen molar-refractivity contribution >= 4 is 57.3 Å². The number of halogens is 3. The molecule has 0 saturated carbocycles. The minimum Gasteiger partial charge on any atom is -0.338 e. The summed E-state index contributed by atoms with van der Waals surface area (Å²) >= 11 is 17.9. The molecule has 0 aliphatic rings. The molecule has 4 nitrogen and oxygen atoms in total. The highest BCUT2D eigenvalue weighted by molar-refractivity contribution is 6.36. The summed E-state index contributed by atoms with van der Waals surface area (Å²) in [6, 6.07) is 11.2. The largest absolute Gasteiger partial charge is 0.338 e. The van der Waals surface area contributed by atoms with Gasteiger partial charge in [-0.1, -0.05) is 34.8 Å². The van der Waals surface area contributed by atoms with Crippen molar-refractivity contribution in [3.05, 3.63) is 74.0 Å². The maximum atomic E-state index is 12.3. The van der Waals surface area contributed by atoms with Crippen molar-refractivity contribution in [2.45, 2.75) is 6.54 Å². The van der Waals surface area contributed by atoms with Gasteiger partial charge >= 0.3 is 0 Å². The number of benzene rings is 2. The van der Waals surface area contributed by atoms with Gasteiger partial charge in [-0.15, -0.1) is 0 Å². The minimum absolute atomic E-state index is 0.01000. The van der Waals surface area contributed by atoms with Crippen molar-refractivity contribution in [1.29, 1.82) is 0 Å². The third-order valence-electron chi connectivity index (χ3n) is 3.46. The second kappa shape index (κ2) is 6.85. The van der Waals surface area contributed by atoms with Crippen LogP contribution in [0.1, 0.15) is 0 Å². The molecule has 0 aliphatic heterocycles. The summed E-state index contributed by atoms with van der Waals surface area (Å²) in [6.45, 7) is 0.01000. The van der Waals surface area contributed by atoms with E-state index in [4.69, 9.17) is 34.8 Å². The van der Waals surface area contributed by atoms with Crippen LogP contribution < -0.4 is 10.7 Å². The van der Waals surface area contributed by atoms with Gasteiger partial charge in [0.05, 0.1) is 16.2 Å². The fourth-order valence-corrected chi connectivity index (χ4v) is 2.97. The number of anilines is 1. The van der Waals surface area contributed by atoms with Crippen LogP contribution in [0.5, 0.6) is 0 Å². The van der Waals surface area contributed by atoms with E-state index in [1.54, 1.807) is 47.2 Å². The van der Waals surface area contributed by atoms with E-state index in [1.165, 1.54) is 6.07 Å². The molecule has 7 heteroatoms. The Bertz CT molecular complexity index is 999. The highest BCUT2D eigenvalue weighted by Crippen LogP contribution is 2.25. The van der Waals surface area contributed by atoms with Gasteiger partial charge in [-0.05, 0) is 36.4 Å². The van der Waals surface area contributed by atoms with Crippen LogP contribution >= 0.6 is 34.8 Å². The highest BCUT2D eigenvalue weighted by atomic mass is 35.5. The van der Waals surface area contributed by atoms with Gasteiger partial charge in [0.2, 0.25) is 5.91 Å². The van der Waals surface area contributed by atoms with Crippen LogP contribution in [0, 0.1) is 0 Å². The van der Waals surface area contributed by atoms with E-state index in [0.29, 0.717) is 31.7 Å². The number of amides is 1. The summed E-state index contributed by atoms with van der Waals surface area (Å²) < 4.78 is 1.65. The lowest BCUT2D eigenvalue weighted by molar-refractivity contribution is -0.116. The molecular formula is C17H11Cl3N2O2. The van der Waals surface area contributed by atoms with Gasteiger partial charge < -0.3 is 9.88 Å². The van der Waals surface area contributed by atoms with Gasteiger partial charge in [0, 0.05) is 27.7 Å². The molecule has 0 unspecified atom stereocenters. The predicted octanol–water partition coefficient (Wildman–Crippen LogP) is 4.60. The molecular weight excluding hydrogens is 371 g/mol. The average Bonchev–Trinajstić information content (AvgIpc) is 2.53. The standard InChI is InChI=1S/C17H11Cl3N2O2/c18-10-2-4-14(13(20)7-10)21-17(24)9-22-6-5-16(23)12-3-1-11(19)8-15(12)22/h1-8H,9H2,(H,21,24). The van der Waals surface area contributed by atoms with Gasteiger partial charge in [-0.25, -0.2) is 0 Å². The molecule has 24 heavy (non-hydrogen) atoms. The maximum Gasteiger partial charge on any atom is 0.244 e. The molecule has 0 spiro atoms. The molecule has 0 saturated heterocycles. The molecule has 1 aromatic heterocycles. The van der Waals surface area contributed by atoms with Crippen molar-refractivity contribution < 1.29 is 4.79 Å². The van der Waals surface area contributed by atoms with Crippen LogP contribution in [0.2, 0.25) is 15.1 Å². The monoisotopic (exact) mass is 380 g/mol. The Morgan fingerprint density at radius 1 is 1.00 bits per heavy atom. The molecule has 3 rings (SSSR count). The van der Waals surface area contributed by atoms with Crippen LogP contribution in [0.3, 0.4) is 0 Å². The highest BCUT2D eigenvalue weighted by Gasteiger charge is 2.10. The van der Waals surface area contributed by atoms with E-state index in [1.807, 2.05) is 0 Å². The number of carbonyl (C=O) groups excluding carboxylic acids is 1. The zero-order valence-electron chi connectivity index (χ0n) is 12.2. The summed E-state index contributed by atoms with van der Waals surface area (Å²) in [6.07, 6.45) is 1.56. The van der Waals surface area contributed by atoms with Gasteiger partial charge in [0.25, 0.3) is 0 Å². The molecule has 1 heterocycles. The number of aromatic nitrogens is 1. The minimum atomic E-state index is -0.288. The Labute approximate surface area is 152 Å². The number of hydrogen-bond acceptors (Lipinski definition) is 2. The van der Waals surface area contributed by atoms with Gasteiger partial charge in [-0.3, -0.25) is 9.59 Å². The first kappa shape index (κ1) is 16.8. The predicted molar refractivity (Wildman–Crippen MR) is 98.3 cm³/mol. The second-order valence-corrected chi connectivity index (χ2v) is 6.42. The first-order valence-corrected chi connectivity index (χ1v) is 8.11. The number of nitrogens with zero attached hydrogens (tertiary/aromatic N) is 1. The number of nitrogens with one attached hydrogen (secondary N) is 1. The quantitative estimate of drug-likeness (QED) is 0.721. The molecule has 0 fully saturated rings. The normalized spacial score (nSPS) is 10.8. The smallest absolute Gasteiger partial charge is 0.244 e. The van der Waals surface area contributed by atoms with E-state index < -0.39 is 0 Å². The maximum absolute atomic E-state index is 12.3. The summed E-state index contributed by atoms with van der Waals surface area (Å²) in [5.74, 6) is -0.288. The zero-order chi connectivity index (χ0) is 17.3. The van der Waals surface area contributed by atoms with Gasteiger partial charge in [-0.2, -0.15) is 0 Å². The van der Waals surface area contributed by atoms with Crippen molar-refractivity contribution in [2.75, 3.05) is 5.32 Å². The molecule has 1 N–H and O–H groups in total. The first-order valence-electron chi connectivity index (χ1n) is 6.97. The van der Waals surface area contributed by atoms with E-state index in [0.717, 1.165) is 0 Å². The van der Waals surface area contributed by atoms with E-state index in [2.05, 4.69) is 5.32 Å². The fourth-order valence-electron chi connectivity index (χ4n) is 2.35. The van der Waals surface area contributed by atoms with Crippen LogP contribution in [-0.2, 0) is 11.3 Å². The third kappa shape index (κ3) is 3.56. The Hall–Kier alpha value is -2.01. The lowest BCUT2D eigenvalue weighted by atomic mass is 10.2. The summed E-state index contributed by atoms with van der Waals surface area (Å²) in [4.78, 5) is 24.2. The third-order valence-corrected chi connectivity index (χ3v) is 4.24. The Balaban J connectivity index is 1.89. The SMILES string of the molecule is O=C(Cn1ccc(=O)c2ccc(Cl)cc21)Nc1ccc(Cl)cc1Cl. The Morgan fingerprint density at radius 2 is 1.71 bits per heavy atom. The summed E-state index contributed by atoms with van der Waals surface area (Å²) in [7, 11) is 0. The Kier molecular flexibility index (Phi) is 4.81. The van der Waals surface area contributed by atoms with Crippen molar-refractivity contribution in [3.8, 4) is 0 Å². The fraction of sp³-hybridized carbons (Fsp3) is 0.0588. The lowest BCUT2D eigenvalue weighted by Gasteiger charge is -2.12.